The second-order valence-corrected chi connectivity index (χ2v) is 7.78. The van der Waals surface area contributed by atoms with Crippen LogP contribution in [0.2, 0.25) is 5.02 Å². The Morgan fingerprint density at radius 3 is 2.47 bits per heavy atom. The molecule has 1 N–H and O–H groups in total. The Bertz CT molecular complexity index is 1370. The number of hydrogen-bond donors (Lipinski definition) is 1. The summed E-state index contributed by atoms with van der Waals surface area (Å²) in [5.74, 6) is -2.30. The van der Waals surface area contributed by atoms with Gasteiger partial charge < -0.3 is 14.6 Å². The van der Waals surface area contributed by atoms with Crippen LogP contribution in [0.3, 0.4) is 0 Å². The number of ether oxygens (including phenoxy) is 1. The molecule has 0 atom stereocenters. The number of anilines is 1. The number of hydrogen-bond acceptors (Lipinski definition) is 4. The smallest absolute Gasteiger partial charge is 0.432 e. The fourth-order valence-corrected chi connectivity index (χ4v) is 3.79. The number of nitrogens with zero attached hydrogens (tertiary/aromatic N) is 2. The second-order valence-electron chi connectivity index (χ2n) is 7.34. The lowest BCUT2D eigenvalue weighted by Crippen LogP contribution is -2.26. The van der Waals surface area contributed by atoms with Crippen molar-refractivity contribution >= 4 is 39.9 Å². The van der Waals surface area contributed by atoms with E-state index in [1.54, 1.807) is 24.3 Å². The summed E-state index contributed by atoms with van der Waals surface area (Å²) in [5, 5.41) is 2.69. The quantitative estimate of drug-likeness (QED) is 0.284. The standard InChI is InChI=1S/C24H17ClF3N3O3/c1-34-17-8-9-19-18(11-17)20(21(32)23(33)30-16-3-2-10-29-12-16)22(24(26,27)28)31(19)13-14-4-6-15(25)7-5-14/h2-12H,13H2,1H3,(H,30,33). The highest BCUT2D eigenvalue weighted by atomic mass is 35.5. The third kappa shape index (κ3) is 4.60. The van der Waals surface area contributed by atoms with Crippen LogP contribution in [0, 0.1) is 0 Å². The zero-order valence-electron chi connectivity index (χ0n) is 17.7. The highest BCUT2D eigenvalue weighted by Crippen LogP contribution is 2.40. The van der Waals surface area contributed by atoms with Crippen LogP contribution < -0.4 is 10.1 Å². The molecular weight excluding hydrogens is 471 g/mol. The molecule has 0 saturated carbocycles. The molecule has 0 bridgehead atoms. The molecule has 0 fully saturated rings. The number of ketones is 1. The number of Topliss-reactive ketones (excluding diaryl/α,β-unsaturated/α-hetero) is 1. The van der Waals surface area contributed by atoms with Crippen molar-refractivity contribution in [3.63, 3.8) is 0 Å². The number of methoxy groups -OCH3 is 1. The Hall–Kier alpha value is -3.85. The fraction of sp³-hybridized carbons (Fsp3) is 0.125. The van der Waals surface area contributed by atoms with Gasteiger partial charge in [-0.1, -0.05) is 23.7 Å². The van der Waals surface area contributed by atoms with Gasteiger partial charge in [0.05, 0.1) is 24.6 Å². The van der Waals surface area contributed by atoms with Crippen molar-refractivity contribution in [3.8, 4) is 5.75 Å². The van der Waals surface area contributed by atoms with Crippen molar-refractivity contribution in [3.05, 3.63) is 88.8 Å². The Balaban J connectivity index is 1.90. The average Bonchev–Trinajstić information content (AvgIpc) is 3.14. The minimum Gasteiger partial charge on any atom is -0.497 e. The third-order valence-electron chi connectivity index (χ3n) is 5.15. The Labute approximate surface area is 196 Å². The van der Waals surface area contributed by atoms with Crippen molar-refractivity contribution < 1.29 is 27.5 Å². The summed E-state index contributed by atoms with van der Waals surface area (Å²) in [4.78, 5) is 29.6. The van der Waals surface area contributed by atoms with E-state index in [2.05, 4.69) is 10.3 Å². The summed E-state index contributed by atoms with van der Waals surface area (Å²) >= 11 is 5.90. The van der Waals surface area contributed by atoms with Gasteiger partial charge in [-0.15, -0.1) is 0 Å². The molecule has 10 heteroatoms. The van der Waals surface area contributed by atoms with E-state index in [1.807, 2.05) is 0 Å². The topological polar surface area (TPSA) is 73.2 Å². The molecule has 6 nitrogen and oxygen atoms in total. The molecule has 2 heterocycles. The zero-order valence-corrected chi connectivity index (χ0v) is 18.4. The molecule has 4 rings (SSSR count). The molecular formula is C24H17ClF3N3O3. The van der Waals surface area contributed by atoms with E-state index in [0.29, 0.717) is 10.6 Å². The van der Waals surface area contributed by atoms with Crippen LogP contribution in [0.1, 0.15) is 21.6 Å². The van der Waals surface area contributed by atoms with Crippen molar-refractivity contribution in [1.82, 2.24) is 9.55 Å². The van der Waals surface area contributed by atoms with Crippen LogP contribution in [0.15, 0.2) is 67.0 Å². The van der Waals surface area contributed by atoms with E-state index in [9.17, 15) is 22.8 Å². The first-order chi connectivity index (χ1) is 16.2. The van der Waals surface area contributed by atoms with Gasteiger partial charge in [-0.3, -0.25) is 14.6 Å². The summed E-state index contributed by atoms with van der Waals surface area (Å²) in [6.07, 6.45) is -2.20. The molecule has 0 aliphatic heterocycles. The summed E-state index contributed by atoms with van der Waals surface area (Å²) in [7, 11) is 1.35. The molecule has 0 spiro atoms. The van der Waals surface area contributed by atoms with Crippen molar-refractivity contribution in [1.29, 1.82) is 0 Å². The van der Waals surface area contributed by atoms with Gasteiger partial charge in [0, 0.05) is 28.7 Å². The number of fused-ring (bicyclic) bond motifs is 1. The van der Waals surface area contributed by atoms with Crippen LogP contribution in [-0.4, -0.2) is 28.4 Å². The Morgan fingerprint density at radius 2 is 1.85 bits per heavy atom. The first kappa shape index (κ1) is 23.3. The van der Waals surface area contributed by atoms with Gasteiger partial charge in [0.2, 0.25) is 0 Å². The molecule has 1 amide bonds. The number of pyridine rings is 1. The Morgan fingerprint density at radius 1 is 1.12 bits per heavy atom. The van der Waals surface area contributed by atoms with Crippen LogP contribution in [0.25, 0.3) is 10.9 Å². The first-order valence-electron chi connectivity index (χ1n) is 9.96. The number of carbonyl (C=O) groups is 2. The Kier molecular flexibility index (Phi) is 6.30. The van der Waals surface area contributed by atoms with Crippen molar-refractivity contribution in [2.24, 2.45) is 0 Å². The number of rotatable bonds is 6. The lowest BCUT2D eigenvalue weighted by molar-refractivity contribution is -0.143. The summed E-state index contributed by atoms with van der Waals surface area (Å²) in [6.45, 7) is -0.202. The molecule has 34 heavy (non-hydrogen) atoms. The summed E-state index contributed by atoms with van der Waals surface area (Å²) in [6, 6.07) is 13.5. The molecule has 2 aromatic heterocycles. The minimum absolute atomic E-state index is 0.0491. The van der Waals surface area contributed by atoms with Crippen LogP contribution in [-0.2, 0) is 17.5 Å². The summed E-state index contributed by atoms with van der Waals surface area (Å²) in [5.41, 5.74) is -1.15. The van der Waals surface area contributed by atoms with Gasteiger partial charge in [0.1, 0.15) is 11.4 Å². The van der Waals surface area contributed by atoms with Crippen molar-refractivity contribution in [2.45, 2.75) is 12.7 Å². The molecule has 0 radical (unpaired) electrons. The van der Waals surface area contributed by atoms with E-state index in [1.165, 1.54) is 49.8 Å². The lowest BCUT2D eigenvalue weighted by Gasteiger charge is -2.15. The van der Waals surface area contributed by atoms with Gasteiger partial charge >= 0.3 is 6.18 Å². The highest BCUT2D eigenvalue weighted by Gasteiger charge is 2.42. The summed E-state index contributed by atoms with van der Waals surface area (Å²) < 4.78 is 49.3. The first-order valence-corrected chi connectivity index (χ1v) is 10.3. The monoisotopic (exact) mass is 487 g/mol. The zero-order chi connectivity index (χ0) is 24.5. The van der Waals surface area contributed by atoms with Crippen LogP contribution in [0.4, 0.5) is 18.9 Å². The molecule has 0 aliphatic rings. The van der Waals surface area contributed by atoms with Crippen LogP contribution >= 0.6 is 11.6 Å². The van der Waals surface area contributed by atoms with Gasteiger partial charge in [0.15, 0.2) is 0 Å². The highest BCUT2D eigenvalue weighted by molar-refractivity contribution is 6.48. The average molecular weight is 488 g/mol. The normalized spacial score (nSPS) is 11.4. The fourth-order valence-electron chi connectivity index (χ4n) is 3.66. The SMILES string of the molecule is COc1ccc2c(c1)c(C(=O)C(=O)Nc1cccnc1)c(C(F)(F)F)n2Cc1ccc(Cl)cc1. The third-order valence-corrected chi connectivity index (χ3v) is 5.40. The van der Waals surface area contributed by atoms with Crippen LogP contribution in [0.5, 0.6) is 5.75 Å². The lowest BCUT2D eigenvalue weighted by atomic mass is 10.0. The number of carbonyl (C=O) groups excluding carboxylic acids is 2. The predicted octanol–water partition coefficient (Wildman–Crippen LogP) is 5.59. The number of amides is 1. The maximum absolute atomic E-state index is 14.4. The number of aromatic nitrogens is 2. The maximum Gasteiger partial charge on any atom is 0.432 e. The van der Waals surface area contributed by atoms with E-state index in [0.717, 1.165) is 4.57 Å². The molecule has 4 aromatic rings. The van der Waals surface area contributed by atoms with E-state index in [4.69, 9.17) is 16.3 Å². The predicted molar refractivity (Wildman–Crippen MR) is 121 cm³/mol. The molecule has 174 valence electrons. The molecule has 2 aromatic carbocycles. The van der Waals surface area contributed by atoms with E-state index < -0.39 is 29.1 Å². The maximum atomic E-state index is 14.4. The van der Waals surface area contributed by atoms with Crippen molar-refractivity contribution in [2.75, 3.05) is 12.4 Å². The number of alkyl halides is 3. The molecule has 0 unspecified atom stereocenters. The second kappa shape index (κ2) is 9.18. The van der Waals surface area contributed by atoms with Gasteiger partial charge in [-0.05, 0) is 48.0 Å². The number of nitrogens with one attached hydrogen (secondary N) is 1. The minimum atomic E-state index is -4.93. The largest absolute Gasteiger partial charge is 0.497 e. The number of benzene rings is 2. The van der Waals surface area contributed by atoms with Gasteiger partial charge in [-0.2, -0.15) is 13.2 Å². The van der Waals surface area contributed by atoms with E-state index >= 15 is 0 Å². The molecule has 0 aliphatic carbocycles. The number of halogens is 4. The van der Waals surface area contributed by atoms with Gasteiger partial charge in [-0.25, -0.2) is 0 Å². The molecule has 0 saturated heterocycles. The van der Waals surface area contributed by atoms with Gasteiger partial charge in [0.25, 0.3) is 11.7 Å². The van der Waals surface area contributed by atoms with E-state index in [-0.39, 0.29) is 28.9 Å².